The lowest BCUT2D eigenvalue weighted by Crippen LogP contribution is -2.53. The number of piperidine rings is 1. The zero-order chi connectivity index (χ0) is 14.7. The van der Waals surface area contributed by atoms with E-state index in [4.69, 9.17) is 10.2 Å². The maximum atomic E-state index is 12.1. The average molecular weight is 279 g/mol. The van der Waals surface area contributed by atoms with Crippen molar-refractivity contribution < 1.29 is 9.21 Å². The highest BCUT2D eigenvalue weighted by Crippen LogP contribution is 2.31. The first-order chi connectivity index (χ1) is 9.54. The van der Waals surface area contributed by atoms with Gasteiger partial charge in [0.2, 0.25) is 5.91 Å². The van der Waals surface area contributed by atoms with E-state index in [-0.39, 0.29) is 24.0 Å². The number of nitrogens with zero attached hydrogens (tertiary/aromatic N) is 1. The molecule has 2 rings (SSSR count). The zero-order valence-corrected chi connectivity index (χ0v) is 12.6. The molecular formula is C15H25N3O2. The summed E-state index contributed by atoms with van der Waals surface area (Å²) in [6.07, 6.45) is 3.05. The molecule has 0 saturated carbocycles. The zero-order valence-electron chi connectivity index (χ0n) is 12.6. The molecule has 1 aromatic heterocycles. The summed E-state index contributed by atoms with van der Waals surface area (Å²) in [7, 11) is 1.69. The van der Waals surface area contributed by atoms with Crippen LogP contribution in [0.4, 0.5) is 0 Å². The number of likely N-dealkylation sites (tertiary alicyclic amines) is 1. The Labute approximate surface area is 120 Å². The summed E-state index contributed by atoms with van der Waals surface area (Å²) < 4.78 is 5.77. The van der Waals surface area contributed by atoms with Crippen LogP contribution in [0.2, 0.25) is 0 Å². The third-order valence-electron chi connectivity index (χ3n) is 4.00. The molecule has 0 spiro atoms. The number of hydrogen-bond acceptors (Lipinski definition) is 4. The minimum absolute atomic E-state index is 0.0497. The van der Waals surface area contributed by atoms with E-state index in [1.165, 1.54) is 0 Å². The van der Waals surface area contributed by atoms with Crippen LogP contribution in [0, 0.1) is 6.92 Å². The fourth-order valence-corrected chi connectivity index (χ4v) is 3.07. The largest absolute Gasteiger partial charge is 0.465 e. The average Bonchev–Trinajstić information content (AvgIpc) is 2.84. The lowest BCUT2D eigenvalue weighted by atomic mass is 9.95. The van der Waals surface area contributed by atoms with Crippen LogP contribution in [0.3, 0.4) is 0 Å². The molecule has 3 N–H and O–H groups in total. The molecule has 1 aliphatic rings. The number of furan rings is 1. The first-order valence-corrected chi connectivity index (χ1v) is 7.34. The molecule has 1 fully saturated rings. The van der Waals surface area contributed by atoms with E-state index in [9.17, 15) is 4.79 Å². The molecule has 0 aromatic carbocycles. The predicted molar refractivity (Wildman–Crippen MR) is 78.2 cm³/mol. The fourth-order valence-electron chi connectivity index (χ4n) is 3.07. The van der Waals surface area contributed by atoms with Crippen LogP contribution in [0.5, 0.6) is 0 Å². The van der Waals surface area contributed by atoms with Crippen molar-refractivity contribution >= 4 is 5.91 Å². The van der Waals surface area contributed by atoms with E-state index in [1.807, 2.05) is 26.0 Å². The normalized spacial score (nSPS) is 23.3. The number of amides is 1. The van der Waals surface area contributed by atoms with Crippen molar-refractivity contribution in [1.82, 2.24) is 10.2 Å². The van der Waals surface area contributed by atoms with Gasteiger partial charge >= 0.3 is 0 Å². The van der Waals surface area contributed by atoms with Crippen LogP contribution in [0.25, 0.3) is 0 Å². The van der Waals surface area contributed by atoms with Crippen LogP contribution >= 0.6 is 0 Å². The molecule has 1 aromatic rings. The molecule has 20 heavy (non-hydrogen) atoms. The van der Waals surface area contributed by atoms with Crippen molar-refractivity contribution in [2.75, 3.05) is 13.6 Å². The van der Waals surface area contributed by atoms with E-state index >= 15 is 0 Å². The maximum Gasteiger partial charge on any atom is 0.237 e. The molecule has 1 aliphatic heterocycles. The summed E-state index contributed by atoms with van der Waals surface area (Å²) >= 11 is 0. The number of carbonyl (C=O) groups excluding carboxylic acids is 1. The Hall–Kier alpha value is -1.33. The number of nitrogens with two attached hydrogens (primary N) is 1. The number of nitrogens with one attached hydrogen (secondary N) is 1. The molecule has 1 saturated heterocycles. The number of aryl methyl sites for hydroxylation is 1. The van der Waals surface area contributed by atoms with Gasteiger partial charge in [0.05, 0.1) is 12.1 Å². The smallest absolute Gasteiger partial charge is 0.237 e. The van der Waals surface area contributed by atoms with Gasteiger partial charge in [-0.3, -0.25) is 9.69 Å². The number of likely N-dealkylation sites (N-methyl/N-ethyl adjacent to an activating group) is 1. The molecule has 5 heteroatoms. The molecule has 0 aliphatic carbocycles. The first-order valence-electron chi connectivity index (χ1n) is 7.34. The van der Waals surface area contributed by atoms with E-state index in [0.717, 1.165) is 37.3 Å². The van der Waals surface area contributed by atoms with Crippen molar-refractivity contribution in [3.8, 4) is 0 Å². The lowest BCUT2D eigenvalue weighted by Gasteiger charge is -2.40. The third-order valence-corrected chi connectivity index (χ3v) is 4.00. The Morgan fingerprint density at radius 3 is 2.80 bits per heavy atom. The highest BCUT2D eigenvalue weighted by molar-refractivity contribution is 5.81. The van der Waals surface area contributed by atoms with Gasteiger partial charge in [-0.1, -0.05) is 6.42 Å². The second kappa shape index (κ2) is 6.41. The van der Waals surface area contributed by atoms with Crippen LogP contribution < -0.4 is 11.1 Å². The maximum absolute atomic E-state index is 12.1. The van der Waals surface area contributed by atoms with Gasteiger partial charge in [-0.25, -0.2) is 0 Å². The quantitative estimate of drug-likeness (QED) is 0.877. The molecule has 0 radical (unpaired) electrons. The van der Waals surface area contributed by atoms with E-state index in [0.29, 0.717) is 0 Å². The molecular weight excluding hydrogens is 254 g/mol. The van der Waals surface area contributed by atoms with Crippen LogP contribution in [0.15, 0.2) is 16.5 Å². The van der Waals surface area contributed by atoms with Crippen molar-refractivity contribution in [3.05, 3.63) is 23.7 Å². The van der Waals surface area contributed by atoms with Gasteiger partial charge in [0, 0.05) is 13.1 Å². The topological polar surface area (TPSA) is 71.5 Å². The molecule has 0 bridgehead atoms. The highest BCUT2D eigenvalue weighted by Gasteiger charge is 2.36. The molecule has 5 nitrogen and oxygen atoms in total. The second-order valence-corrected chi connectivity index (χ2v) is 5.62. The van der Waals surface area contributed by atoms with Crippen molar-refractivity contribution in [3.63, 3.8) is 0 Å². The number of rotatable bonds is 4. The standard InChI is InChI=1S/C15H25N3O2/c1-10-7-8-13(20-10)14(11(2)16)18-9-5-4-6-12(18)15(19)17-3/h7-8,11-12,14H,4-6,9,16H2,1-3H3,(H,17,19). The first kappa shape index (κ1) is 15.1. The minimum Gasteiger partial charge on any atom is -0.465 e. The Morgan fingerprint density at radius 2 is 2.25 bits per heavy atom. The fraction of sp³-hybridized carbons (Fsp3) is 0.667. The van der Waals surface area contributed by atoms with Crippen molar-refractivity contribution in [1.29, 1.82) is 0 Å². The van der Waals surface area contributed by atoms with Gasteiger partial charge in [-0.05, 0) is 45.4 Å². The van der Waals surface area contributed by atoms with Crippen LogP contribution in [0.1, 0.15) is 43.7 Å². The Bertz CT molecular complexity index is 456. The summed E-state index contributed by atoms with van der Waals surface area (Å²) in [5.41, 5.74) is 6.18. The van der Waals surface area contributed by atoms with Gasteiger partial charge in [-0.2, -0.15) is 0 Å². The van der Waals surface area contributed by atoms with Gasteiger partial charge in [0.15, 0.2) is 0 Å². The monoisotopic (exact) mass is 279 g/mol. The summed E-state index contributed by atoms with van der Waals surface area (Å²) in [6.45, 7) is 4.77. The van der Waals surface area contributed by atoms with E-state index in [2.05, 4.69) is 10.2 Å². The second-order valence-electron chi connectivity index (χ2n) is 5.62. The van der Waals surface area contributed by atoms with Gasteiger partial charge in [-0.15, -0.1) is 0 Å². The Kier molecular flexibility index (Phi) is 4.83. The summed E-state index contributed by atoms with van der Waals surface area (Å²) in [6, 6.07) is 3.66. The third kappa shape index (κ3) is 3.04. The number of carbonyl (C=O) groups is 1. The van der Waals surface area contributed by atoms with Gasteiger partial charge < -0.3 is 15.5 Å². The molecule has 3 unspecified atom stereocenters. The lowest BCUT2D eigenvalue weighted by molar-refractivity contribution is -0.128. The number of hydrogen-bond donors (Lipinski definition) is 2. The summed E-state index contributed by atoms with van der Waals surface area (Å²) in [5, 5.41) is 2.76. The van der Waals surface area contributed by atoms with Crippen molar-refractivity contribution in [2.24, 2.45) is 5.73 Å². The van der Waals surface area contributed by atoms with Crippen LogP contribution in [-0.4, -0.2) is 36.5 Å². The SMILES string of the molecule is CNC(=O)C1CCCCN1C(c1ccc(C)o1)C(C)N. The highest BCUT2D eigenvalue weighted by atomic mass is 16.3. The van der Waals surface area contributed by atoms with E-state index in [1.54, 1.807) is 7.05 Å². The Balaban J connectivity index is 2.28. The Morgan fingerprint density at radius 1 is 1.50 bits per heavy atom. The predicted octanol–water partition coefficient (Wildman–Crippen LogP) is 1.58. The van der Waals surface area contributed by atoms with Gasteiger partial charge in [0.1, 0.15) is 11.5 Å². The summed E-state index contributed by atoms with van der Waals surface area (Å²) in [4.78, 5) is 14.3. The molecule has 112 valence electrons. The summed E-state index contributed by atoms with van der Waals surface area (Å²) in [5.74, 6) is 1.80. The minimum atomic E-state index is -0.116. The molecule has 2 heterocycles. The molecule has 3 atom stereocenters. The van der Waals surface area contributed by atoms with Crippen molar-refractivity contribution in [2.45, 2.75) is 51.2 Å². The van der Waals surface area contributed by atoms with Gasteiger partial charge in [0.25, 0.3) is 0 Å². The van der Waals surface area contributed by atoms with Crippen LogP contribution in [-0.2, 0) is 4.79 Å². The van der Waals surface area contributed by atoms with E-state index < -0.39 is 0 Å². The molecule has 1 amide bonds.